The minimum atomic E-state index is -0.512. The fraction of sp³-hybridized carbons (Fsp3) is 1.00. The van der Waals surface area contributed by atoms with Crippen molar-refractivity contribution >= 4 is 0 Å². The van der Waals surface area contributed by atoms with E-state index in [-0.39, 0.29) is 24.4 Å². The van der Waals surface area contributed by atoms with Gasteiger partial charge in [-0.1, -0.05) is 0 Å². The number of rotatable bonds is 4. The summed E-state index contributed by atoms with van der Waals surface area (Å²) in [6.45, 7) is 23.5. The van der Waals surface area contributed by atoms with Gasteiger partial charge in [0, 0.05) is 0 Å². The third-order valence-electron chi connectivity index (χ3n) is 6.27. The molecule has 0 radical (unpaired) electrons. The van der Waals surface area contributed by atoms with E-state index in [1.54, 1.807) is 27.7 Å². The standard InChI is InChI=1S/4C7H14O3/c4*1-5(8)6-4-9-7(2,3)10-6/h4*5-6,8H,4H2,1-3H3/t2*5-,6+;2*5-,6-/m1010/s1. The summed E-state index contributed by atoms with van der Waals surface area (Å²) in [6, 6.07) is 0. The van der Waals surface area contributed by atoms with E-state index in [1.807, 2.05) is 55.4 Å². The van der Waals surface area contributed by atoms with E-state index < -0.39 is 47.6 Å². The number of aliphatic hydroxyl groups excluding tert-OH is 4. The Balaban J connectivity index is 0.000000267. The monoisotopic (exact) mass is 584 g/mol. The van der Waals surface area contributed by atoms with Crippen molar-refractivity contribution < 1.29 is 58.3 Å². The Morgan fingerprint density at radius 2 is 0.550 bits per heavy atom. The highest BCUT2D eigenvalue weighted by Crippen LogP contribution is 2.26. The van der Waals surface area contributed by atoms with Crippen molar-refractivity contribution in [1.82, 2.24) is 0 Å². The zero-order chi connectivity index (χ0) is 31.1. The Bertz CT molecular complexity index is 600. The van der Waals surface area contributed by atoms with Gasteiger partial charge in [-0.25, -0.2) is 0 Å². The van der Waals surface area contributed by atoms with Crippen LogP contribution >= 0.6 is 0 Å². The Morgan fingerprint density at radius 3 is 0.600 bits per heavy atom. The van der Waals surface area contributed by atoms with E-state index in [2.05, 4.69) is 0 Å². The lowest BCUT2D eigenvalue weighted by molar-refractivity contribution is -0.149. The van der Waals surface area contributed by atoms with Crippen LogP contribution in [0, 0.1) is 0 Å². The van der Waals surface area contributed by atoms with Gasteiger partial charge in [-0.15, -0.1) is 0 Å². The van der Waals surface area contributed by atoms with Crippen LogP contribution in [-0.2, 0) is 37.9 Å². The number of aliphatic hydroxyl groups is 4. The molecule has 0 aromatic heterocycles. The Hall–Kier alpha value is -0.480. The van der Waals surface area contributed by atoms with Gasteiger partial charge in [-0.2, -0.15) is 0 Å². The van der Waals surface area contributed by atoms with E-state index >= 15 is 0 Å². The summed E-state index contributed by atoms with van der Waals surface area (Å²) in [6.07, 6.45) is -2.40. The second-order valence-corrected chi connectivity index (χ2v) is 12.4. The number of hydrogen-bond acceptors (Lipinski definition) is 12. The lowest BCUT2D eigenvalue weighted by Crippen LogP contribution is -2.28. The summed E-state index contributed by atoms with van der Waals surface area (Å²) in [4.78, 5) is 0. The van der Waals surface area contributed by atoms with Crippen molar-refractivity contribution in [2.24, 2.45) is 0 Å². The maximum atomic E-state index is 9.08. The first-order valence-electron chi connectivity index (χ1n) is 14.0. The molecular weight excluding hydrogens is 528 g/mol. The molecule has 4 N–H and O–H groups in total. The van der Waals surface area contributed by atoms with Crippen LogP contribution in [-0.4, -0.2) is 119 Å². The molecule has 0 spiro atoms. The van der Waals surface area contributed by atoms with Crippen LogP contribution in [0.1, 0.15) is 83.1 Å². The van der Waals surface area contributed by atoms with Gasteiger partial charge in [0.05, 0.1) is 50.8 Å². The van der Waals surface area contributed by atoms with E-state index in [4.69, 9.17) is 58.3 Å². The Morgan fingerprint density at radius 1 is 0.400 bits per heavy atom. The molecule has 0 aromatic carbocycles. The molecule has 0 aromatic rings. The van der Waals surface area contributed by atoms with Crippen LogP contribution in [0.25, 0.3) is 0 Å². The molecule has 12 heteroatoms. The maximum Gasteiger partial charge on any atom is 0.163 e. The first-order valence-corrected chi connectivity index (χ1v) is 14.0. The molecule has 4 rings (SSSR count). The van der Waals surface area contributed by atoms with Crippen molar-refractivity contribution in [2.75, 3.05) is 26.4 Å². The molecule has 8 atom stereocenters. The van der Waals surface area contributed by atoms with Gasteiger partial charge < -0.3 is 58.3 Å². The molecule has 40 heavy (non-hydrogen) atoms. The molecule has 12 nitrogen and oxygen atoms in total. The first kappa shape index (κ1) is 37.5. The van der Waals surface area contributed by atoms with E-state index in [0.717, 1.165) is 0 Å². The molecule has 4 aliphatic rings. The summed E-state index contributed by atoms with van der Waals surface area (Å²) in [5.74, 6) is -2.05. The normalized spacial score (nSPS) is 34.2. The van der Waals surface area contributed by atoms with Crippen LogP contribution in [0.15, 0.2) is 0 Å². The third kappa shape index (κ3) is 14.1. The average Bonchev–Trinajstić information content (AvgIpc) is 3.55. The van der Waals surface area contributed by atoms with Crippen LogP contribution in [0.4, 0.5) is 0 Å². The number of ether oxygens (including phenoxy) is 8. The molecule has 4 aliphatic heterocycles. The van der Waals surface area contributed by atoms with Crippen LogP contribution in [0.3, 0.4) is 0 Å². The second kappa shape index (κ2) is 15.3. The van der Waals surface area contributed by atoms with Crippen molar-refractivity contribution in [2.45, 2.75) is 155 Å². The highest BCUT2D eigenvalue weighted by molar-refractivity contribution is 4.76. The van der Waals surface area contributed by atoms with Crippen LogP contribution < -0.4 is 0 Å². The highest BCUT2D eigenvalue weighted by Gasteiger charge is 2.37. The topological polar surface area (TPSA) is 155 Å². The first-order chi connectivity index (χ1) is 18.0. The minimum absolute atomic E-state index is 0.157. The molecule has 4 heterocycles. The largest absolute Gasteiger partial charge is 0.391 e. The van der Waals surface area contributed by atoms with Gasteiger partial charge in [-0.3, -0.25) is 0 Å². The lowest BCUT2D eigenvalue weighted by Gasteiger charge is -2.18. The lowest BCUT2D eigenvalue weighted by atomic mass is 10.2. The summed E-state index contributed by atoms with van der Waals surface area (Å²) in [5.41, 5.74) is 0. The van der Waals surface area contributed by atoms with Gasteiger partial charge in [0.15, 0.2) is 23.1 Å². The van der Waals surface area contributed by atoms with Gasteiger partial charge in [0.25, 0.3) is 0 Å². The maximum absolute atomic E-state index is 9.08. The molecule has 0 bridgehead atoms. The molecule has 0 amide bonds. The fourth-order valence-electron chi connectivity index (χ4n) is 3.81. The molecule has 0 unspecified atom stereocenters. The summed E-state index contributed by atoms with van der Waals surface area (Å²) in [5, 5.41) is 36.3. The molecule has 4 fully saturated rings. The van der Waals surface area contributed by atoms with Crippen LogP contribution in [0.2, 0.25) is 0 Å². The molecule has 240 valence electrons. The van der Waals surface area contributed by atoms with Crippen molar-refractivity contribution in [1.29, 1.82) is 0 Å². The molecular formula is C28H56O12. The van der Waals surface area contributed by atoms with Gasteiger partial charge in [0.2, 0.25) is 0 Å². The minimum Gasteiger partial charge on any atom is -0.391 e. The second-order valence-electron chi connectivity index (χ2n) is 12.4. The fourth-order valence-corrected chi connectivity index (χ4v) is 3.81. The highest BCUT2D eigenvalue weighted by atomic mass is 16.8. The zero-order valence-corrected chi connectivity index (χ0v) is 26.5. The van der Waals surface area contributed by atoms with E-state index in [0.29, 0.717) is 26.4 Å². The average molecular weight is 585 g/mol. The smallest absolute Gasteiger partial charge is 0.163 e. The summed E-state index contributed by atoms with van der Waals surface area (Å²) < 4.78 is 42.3. The summed E-state index contributed by atoms with van der Waals surface area (Å²) in [7, 11) is 0. The number of hydrogen-bond donors (Lipinski definition) is 4. The Labute approximate surface area is 240 Å². The predicted molar refractivity (Wildman–Crippen MR) is 146 cm³/mol. The molecule has 4 saturated heterocycles. The van der Waals surface area contributed by atoms with Crippen molar-refractivity contribution in [3.63, 3.8) is 0 Å². The van der Waals surface area contributed by atoms with Gasteiger partial charge in [-0.05, 0) is 83.1 Å². The third-order valence-corrected chi connectivity index (χ3v) is 6.27. The molecule has 0 aliphatic carbocycles. The Kier molecular flexibility index (Phi) is 14.4. The quantitative estimate of drug-likeness (QED) is 0.382. The zero-order valence-electron chi connectivity index (χ0n) is 26.5. The van der Waals surface area contributed by atoms with Crippen LogP contribution in [0.5, 0.6) is 0 Å². The van der Waals surface area contributed by atoms with Crippen molar-refractivity contribution in [3.8, 4) is 0 Å². The van der Waals surface area contributed by atoms with Crippen molar-refractivity contribution in [3.05, 3.63) is 0 Å². The predicted octanol–water partition coefficient (Wildman–Crippen LogP) is 2.07. The van der Waals surface area contributed by atoms with E-state index in [1.165, 1.54) is 0 Å². The van der Waals surface area contributed by atoms with E-state index in [9.17, 15) is 0 Å². The van der Waals surface area contributed by atoms with Gasteiger partial charge >= 0.3 is 0 Å². The summed E-state index contributed by atoms with van der Waals surface area (Å²) >= 11 is 0. The van der Waals surface area contributed by atoms with Gasteiger partial charge in [0.1, 0.15) is 24.4 Å². The molecule has 0 saturated carbocycles. The SMILES string of the molecule is C[C@@H](O)[C@@H]1COC(C)(C)O1.C[C@@H](O)[C@H]1COC(C)(C)O1.C[C@H](O)[C@@H]1COC(C)(C)O1.C[C@H](O)[C@H]1COC(C)(C)O1.